The first-order valence-corrected chi connectivity index (χ1v) is 4.25. The molecule has 0 atom stereocenters. The molecule has 0 aliphatic rings. The summed E-state index contributed by atoms with van der Waals surface area (Å²) in [5.41, 5.74) is 2.29. The van der Waals surface area contributed by atoms with Gasteiger partial charge in [-0.15, -0.1) is 0 Å². The lowest BCUT2D eigenvalue weighted by Crippen LogP contribution is -2.26. The molecule has 1 aromatic carbocycles. The van der Waals surface area contributed by atoms with Gasteiger partial charge in [0, 0.05) is 5.22 Å². The van der Waals surface area contributed by atoms with Crippen molar-refractivity contribution < 1.29 is 10.3 Å². The van der Waals surface area contributed by atoms with E-state index in [1.54, 1.807) is 24.3 Å². The largest absolute Gasteiger partial charge is 0.506 e. The van der Waals surface area contributed by atoms with Crippen molar-refractivity contribution in [3.05, 3.63) is 35.2 Å². The maximum Gasteiger partial charge on any atom is 0.141 e. The Morgan fingerprint density at radius 1 is 1.43 bits per heavy atom. The van der Waals surface area contributed by atoms with Crippen molar-refractivity contribution in [1.82, 2.24) is 0 Å². The zero-order valence-electron chi connectivity index (χ0n) is 7.99. The number of aromatic hydroxyl groups is 1. The third-order valence-corrected chi connectivity index (χ3v) is 1.96. The maximum atomic E-state index is 9.43. The first kappa shape index (κ1) is 10.3. The zero-order chi connectivity index (χ0) is 10.6. The van der Waals surface area contributed by atoms with E-state index >= 15 is 0 Å². The number of anilines is 1. The molecule has 0 unspecified atom stereocenters. The second-order valence-corrected chi connectivity index (χ2v) is 2.77. The maximum absolute atomic E-state index is 9.43. The fourth-order valence-corrected chi connectivity index (χ4v) is 1.32. The quantitative estimate of drug-likeness (QED) is 0.482. The SMILES string of the molecule is C=CC=c1ccc(O)c(NO)c1=CC. The molecule has 1 aromatic rings. The number of hydrogen-bond acceptors (Lipinski definition) is 3. The van der Waals surface area contributed by atoms with Crippen LogP contribution in [0, 0.1) is 0 Å². The molecule has 1 rings (SSSR count). The number of phenolic OH excluding ortho intramolecular Hbond substituents is 1. The van der Waals surface area contributed by atoms with E-state index in [0.717, 1.165) is 10.4 Å². The highest BCUT2D eigenvalue weighted by Crippen LogP contribution is 2.14. The van der Waals surface area contributed by atoms with E-state index < -0.39 is 0 Å². The fraction of sp³-hybridized carbons (Fsp3) is 0.0909. The normalized spacial score (nSPS) is 13.0. The van der Waals surface area contributed by atoms with Crippen LogP contribution in [0.4, 0.5) is 5.69 Å². The molecule has 0 saturated heterocycles. The predicted octanol–water partition coefficient (Wildman–Crippen LogP) is 0.960. The lowest BCUT2D eigenvalue weighted by molar-refractivity contribution is 0.380. The minimum Gasteiger partial charge on any atom is -0.506 e. The van der Waals surface area contributed by atoms with Crippen LogP contribution in [0.15, 0.2) is 24.8 Å². The second kappa shape index (κ2) is 4.48. The Morgan fingerprint density at radius 3 is 2.64 bits per heavy atom. The van der Waals surface area contributed by atoms with E-state index in [2.05, 4.69) is 6.58 Å². The summed E-state index contributed by atoms with van der Waals surface area (Å²) < 4.78 is 0. The second-order valence-electron chi connectivity index (χ2n) is 2.77. The minimum absolute atomic E-state index is 0.0156. The van der Waals surface area contributed by atoms with Crippen LogP contribution in [0.25, 0.3) is 12.2 Å². The van der Waals surface area contributed by atoms with Crippen LogP contribution in [0.5, 0.6) is 5.75 Å². The van der Waals surface area contributed by atoms with E-state index in [9.17, 15) is 5.11 Å². The van der Waals surface area contributed by atoms with Crippen molar-refractivity contribution in [3.8, 4) is 5.75 Å². The number of phenols is 1. The van der Waals surface area contributed by atoms with Crippen LogP contribution >= 0.6 is 0 Å². The topological polar surface area (TPSA) is 52.5 Å². The molecule has 3 heteroatoms. The molecular weight excluding hydrogens is 178 g/mol. The molecular formula is C11H13NO2. The summed E-state index contributed by atoms with van der Waals surface area (Å²) in [7, 11) is 0. The Bertz CT molecular complexity index is 449. The molecule has 3 N–H and O–H groups in total. The van der Waals surface area contributed by atoms with Gasteiger partial charge in [0.15, 0.2) is 0 Å². The molecule has 0 bridgehead atoms. The first-order valence-electron chi connectivity index (χ1n) is 4.25. The van der Waals surface area contributed by atoms with E-state index in [1.807, 2.05) is 12.4 Å². The van der Waals surface area contributed by atoms with Crippen LogP contribution in [0.2, 0.25) is 0 Å². The Labute approximate surface area is 82.3 Å². The number of allylic oxidation sites excluding steroid dienone is 1. The number of benzene rings is 1. The van der Waals surface area contributed by atoms with Crippen molar-refractivity contribution in [3.63, 3.8) is 0 Å². The molecule has 0 aromatic heterocycles. The molecule has 0 heterocycles. The van der Waals surface area contributed by atoms with Gasteiger partial charge >= 0.3 is 0 Å². The average molecular weight is 191 g/mol. The molecule has 3 nitrogen and oxygen atoms in total. The van der Waals surface area contributed by atoms with Gasteiger partial charge in [0.2, 0.25) is 0 Å². The van der Waals surface area contributed by atoms with Gasteiger partial charge in [-0.2, -0.15) is 0 Å². The zero-order valence-corrected chi connectivity index (χ0v) is 7.99. The molecule has 74 valence electrons. The van der Waals surface area contributed by atoms with Gasteiger partial charge in [0.25, 0.3) is 0 Å². The van der Waals surface area contributed by atoms with Gasteiger partial charge in [-0.3, -0.25) is 10.7 Å². The summed E-state index contributed by atoms with van der Waals surface area (Å²) in [5.74, 6) is 0.0156. The molecule has 0 radical (unpaired) electrons. The van der Waals surface area contributed by atoms with E-state index in [1.165, 1.54) is 6.07 Å². The van der Waals surface area contributed by atoms with Crippen molar-refractivity contribution in [2.24, 2.45) is 0 Å². The van der Waals surface area contributed by atoms with Crippen LogP contribution in [-0.4, -0.2) is 10.3 Å². The van der Waals surface area contributed by atoms with Crippen LogP contribution in [0.1, 0.15) is 6.92 Å². The fourth-order valence-electron chi connectivity index (χ4n) is 1.32. The Kier molecular flexibility index (Phi) is 3.31. The summed E-state index contributed by atoms with van der Waals surface area (Å²) >= 11 is 0. The first-order chi connectivity index (χ1) is 6.74. The molecule has 0 fully saturated rings. The molecule has 0 aliphatic heterocycles. The number of nitrogens with one attached hydrogen (secondary N) is 1. The third-order valence-electron chi connectivity index (χ3n) is 1.96. The van der Waals surface area contributed by atoms with Gasteiger partial charge in [-0.05, 0) is 18.2 Å². The highest BCUT2D eigenvalue weighted by molar-refractivity contribution is 5.59. The monoisotopic (exact) mass is 191 g/mol. The van der Waals surface area contributed by atoms with Crippen LogP contribution in [0.3, 0.4) is 0 Å². The third kappa shape index (κ3) is 1.78. The standard InChI is InChI=1S/C11H13NO2/c1-3-5-8-6-7-10(13)11(12-14)9(8)4-2/h3-7,12-14H,1H2,2H3. The van der Waals surface area contributed by atoms with E-state index in [4.69, 9.17) is 5.21 Å². The molecule has 0 saturated carbocycles. The Morgan fingerprint density at radius 2 is 2.14 bits per heavy atom. The molecule has 0 aliphatic carbocycles. The molecule has 0 amide bonds. The van der Waals surface area contributed by atoms with Crippen molar-refractivity contribution in [2.45, 2.75) is 6.92 Å². The highest BCUT2D eigenvalue weighted by atomic mass is 16.5. The van der Waals surface area contributed by atoms with Gasteiger partial charge < -0.3 is 5.11 Å². The number of hydrogen-bond donors (Lipinski definition) is 3. The van der Waals surface area contributed by atoms with Crippen LogP contribution in [-0.2, 0) is 0 Å². The van der Waals surface area contributed by atoms with Gasteiger partial charge in [-0.1, -0.05) is 30.9 Å². The summed E-state index contributed by atoms with van der Waals surface area (Å²) in [6.07, 6.45) is 5.25. The molecule has 14 heavy (non-hydrogen) atoms. The molecule has 0 spiro atoms. The lowest BCUT2D eigenvalue weighted by atomic mass is 10.1. The summed E-state index contributed by atoms with van der Waals surface area (Å²) in [4.78, 5) is 0. The van der Waals surface area contributed by atoms with E-state index in [0.29, 0.717) is 5.69 Å². The Hall–Kier alpha value is -1.74. The van der Waals surface area contributed by atoms with Crippen molar-refractivity contribution >= 4 is 17.8 Å². The van der Waals surface area contributed by atoms with Gasteiger partial charge in [0.1, 0.15) is 11.4 Å². The van der Waals surface area contributed by atoms with Crippen molar-refractivity contribution in [2.75, 3.05) is 5.48 Å². The smallest absolute Gasteiger partial charge is 0.141 e. The van der Waals surface area contributed by atoms with Gasteiger partial charge in [-0.25, -0.2) is 0 Å². The average Bonchev–Trinajstić information content (AvgIpc) is 2.20. The van der Waals surface area contributed by atoms with Crippen LogP contribution < -0.4 is 15.9 Å². The predicted molar refractivity (Wildman–Crippen MR) is 57.6 cm³/mol. The summed E-state index contributed by atoms with van der Waals surface area (Å²) in [5, 5.41) is 19.9. The number of rotatable bonds is 2. The minimum atomic E-state index is 0.0156. The highest BCUT2D eigenvalue weighted by Gasteiger charge is 2.00. The Balaban J connectivity index is 3.67. The summed E-state index contributed by atoms with van der Waals surface area (Å²) in [6, 6.07) is 3.27. The van der Waals surface area contributed by atoms with E-state index in [-0.39, 0.29) is 5.75 Å². The lowest BCUT2D eigenvalue weighted by Gasteiger charge is -2.03. The van der Waals surface area contributed by atoms with Crippen molar-refractivity contribution in [1.29, 1.82) is 0 Å². The van der Waals surface area contributed by atoms with Gasteiger partial charge in [0.05, 0.1) is 0 Å². The summed E-state index contributed by atoms with van der Waals surface area (Å²) in [6.45, 7) is 5.42.